The number of hydrazone groups is 1. The zero-order valence-corrected chi connectivity index (χ0v) is 14.3. The summed E-state index contributed by atoms with van der Waals surface area (Å²) in [6.45, 7) is 4.00. The van der Waals surface area contributed by atoms with Gasteiger partial charge in [-0.3, -0.25) is 9.69 Å². The van der Waals surface area contributed by atoms with Crippen LogP contribution in [0.1, 0.15) is 5.56 Å². The van der Waals surface area contributed by atoms with Gasteiger partial charge in [-0.25, -0.2) is 5.43 Å². The molecule has 8 nitrogen and oxygen atoms in total. The molecule has 132 valence electrons. The Labute approximate surface area is 141 Å². The molecule has 0 radical (unpaired) electrons. The number of aromatic hydroxyl groups is 1. The van der Waals surface area contributed by atoms with Crippen molar-refractivity contribution in [3.05, 3.63) is 17.7 Å². The Kier molecular flexibility index (Phi) is 6.39. The number of carbonyl (C=O) groups is 1. The van der Waals surface area contributed by atoms with Crippen molar-refractivity contribution >= 4 is 12.1 Å². The number of hydrogen-bond acceptors (Lipinski definition) is 7. The zero-order chi connectivity index (χ0) is 17.5. The molecule has 24 heavy (non-hydrogen) atoms. The number of carbonyl (C=O) groups excluding carboxylic acids is 1. The monoisotopic (exact) mass is 336 g/mol. The summed E-state index contributed by atoms with van der Waals surface area (Å²) in [4.78, 5) is 16.2. The summed E-state index contributed by atoms with van der Waals surface area (Å²) in [5, 5.41) is 13.8. The van der Waals surface area contributed by atoms with Crippen LogP contribution in [0, 0.1) is 0 Å². The predicted octanol–water partition coefficient (Wildman–Crippen LogP) is 0.107. The molecule has 1 saturated heterocycles. The standard InChI is InChI=1S/C16H24N4O4/c1-19-4-6-20(7-5-19)11-15(21)18-17-10-12-8-13(23-2)16(22)14(9-12)24-3/h8-10,22H,4-7,11H2,1-3H3,(H,18,21)/b17-10-. The molecule has 0 spiro atoms. The van der Waals surface area contributed by atoms with E-state index in [9.17, 15) is 9.90 Å². The van der Waals surface area contributed by atoms with Crippen LogP contribution >= 0.6 is 0 Å². The summed E-state index contributed by atoms with van der Waals surface area (Å²) in [6, 6.07) is 3.21. The van der Waals surface area contributed by atoms with Crippen LogP contribution in [0.4, 0.5) is 0 Å². The topological polar surface area (TPSA) is 86.6 Å². The number of rotatable bonds is 6. The normalized spacial score (nSPS) is 16.3. The maximum absolute atomic E-state index is 11.9. The van der Waals surface area contributed by atoms with Crippen LogP contribution in [-0.2, 0) is 4.79 Å². The highest BCUT2D eigenvalue weighted by Crippen LogP contribution is 2.36. The van der Waals surface area contributed by atoms with E-state index in [4.69, 9.17) is 9.47 Å². The maximum Gasteiger partial charge on any atom is 0.254 e. The Morgan fingerprint density at radius 1 is 1.25 bits per heavy atom. The molecule has 8 heteroatoms. The summed E-state index contributed by atoms with van der Waals surface area (Å²) in [5.41, 5.74) is 3.15. The lowest BCUT2D eigenvalue weighted by molar-refractivity contribution is -0.122. The van der Waals surface area contributed by atoms with Gasteiger partial charge in [-0.05, 0) is 19.2 Å². The van der Waals surface area contributed by atoms with Crippen molar-refractivity contribution in [3.63, 3.8) is 0 Å². The fourth-order valence-corrected chi connectivity index (χ4v) is 2.41. The number of methoxy groups -OCH3 is 2. The molecule has 1 amide bonds. The van der Waals surface area contributed by atoms with Gasteiger partial charge >= 0.3 is 0 Å². The molecule has 0 unspecified atom stereocenters. The third-order valence-corrected chi connectivity index (χ3v) is 3.87. The number of hydrogen-bond donors (Lipinski definition) is 2. The lowest BCUT2D eigenvalue weighted by Crippen LogP contribution is -2.47. The SMILES string of the molecule is COc1cc(/C=N\NC(=O)CN2CCN(C)CC2)cc(OC)c1O. The number of likely N-dealkylation sites (N-methyl/N-ethyl adjacent to an activating group) is 1. The van der Waals surface area contributed by atoms with Gasteiger partial charge in [0.1, 0.15) is 0 Å². The third kappa shape index (κ3) is 4.84. The lowest BCUT2D eigenvalue weighted by atomic mass is 10.2. The van der Waals surface area contributed by atoms with Crippen molar-refractivity contribution in [2.24, 2.45) is 5.10 Å². The molecule has 0 bridgehead atoms. The van der Waals surface area contributed by atoms with Crippen LogP contribution < -0.4 is 14.9 Å². The van der Waals surface area contributed by atoms with Gasteiger partial charge in [0.25, 0.3) is 5.91 Å². The van der Waals surface area contributed by atoms with Crippen LogP contribution in [-0.4, -0.2) is 81.0 Å². The molecule has 0 saturated carbocycles. The second-order valence-electron chi connectivity index (χ2n) is 5.65. The Morgan fingerprint density at radius 2 is 1.83 bits per heavy atom. The van der Waals surface area contributed by atoms with Crippen LogP contribution in [0.3, 0.4) is 0 Å². The van der Waals surface area contributed by atoms with Gasteiger partial charge < -0.3 is 19.5 Å². The number of amides is 1. The Hall–Kier alpha value is -2.32. The van der Waals surface area contributed by atoms with E-state index in [1.54, 1.807) is 12.1 Å². The number of ether oxygens (including phenoxy) is 2. The number of piperazine rings is 1. The first-order valence-electron chi connectivity index (χ1n) is 7.71. The molecule has 0 atom stereocenters. The molecule has 1 aliphatic rings. The van der Waals surface area contributed by atoms with Crippen molar-refractivity contribution in [1.29, 1.82) is 0 Å². The molecule has 0 aliphatic carbocycles. The highest BCUT2D eigenvalue weighted by Gasteiger charge is 2.16. The average molecular weight is 336 g/mol. The van der Waals surface area contributed by atoms with E-state index < -0.39 is 0 Å². The average Bonchev–Trinajstić information content (AvgIpc) is 2.58. The molecular formula is C16H24N4O4. The molecule has 2 rings (SSSR count). The first kappa shape index (κ1) is 18.0. The van der Waals surface area contributed by atoms with Gasteiger partial charge in [-0.15, -0.1) is 0 Å². The highest BCUT2D eigenvalue weighted by molar-refractivity contribution is 5.84. The van der Waals surface area contributed by atoms with Gasteiger partial charge in [0.05, 0.1) is 27.0 Å². The van der Waals surface area contributed by atoms with E-state index in [2.05, 4.69) is 27.4 Å². The van der Waals surface area contributed by atoms with E-state index in [1.165, 1.54) is 20.4 Å². The molecule has 1 aromatic carbocycles. The van der Waals surface area contributed by atoms with E-state index in [-0.39, 0.29) is 23.2 Å². The third-order valence-electron chi connectivity index (χ3n) is 3.87. The Balaban J connectivity index is 1.90. The number of phenols is 1. The van der Waals surface area contributed by atoms with Gasteiger partial charge in [0.15, 0.2) is 11.5 Å². The first-order valence-corrected chi connectivity index (χ1v) is 7.71. The zero-order valence-electron chi connectivity index (χ0n) is 14.3. The number of nitrogens with one attached hydrogen (secondary N) is 1. The smallest absolute Gasteiger partial charge is 0.254 e. The Morgan fingerprint density at radius 3 is 2.38 bits per heavy atom. The fourth-order valence-electron chi connectivity index (χ4n) is 2.41. The van der Waals surface area contributed by atoms with Crippen molar-refractivity contribution in [1.82, 2.24) is 15.2 Å². The van der Waals surface area contributed by atoms with Crippen LogP contribution in [0.5, 0.6) is 17.2 Å². The van der Waals surface area contributed by atoms with Crippen LogP contribution in [0.2, 0.25) is 0 Å². The quantitative estimate of drug-likeness (QED) is 0.566. The van der Waals surface area contributed by atoms with Crippen molar-refractivity contribution < 1.29 is 19.4 Å². The minimum Gasteiger partial charge on any atom is -0.502 e. The number of nitrogens with zero attached hydrogens (tertiary/aromatic N) is 3. The van der Waals surface area contributed by atoms with Crippen LogP contribution in [0.15, 0.2) is 17.2 Å². The molecule has 1 fully saturated rings. The van der Waals surface area contributed by atoms with E-state index >= 15 is 0 Å². The number of benzene rings is 1. The van der Waals surface area contributed by atoms with E-state index in [0.717, 1.165) is 26.2 Å². The summed E-state index contributed by atoms with van der Waals surface area (Å²) in [6.07, 6.45) is 1.48. The van der Waals surface area contributed by atoms with E-state index in [1.807, 2.05) is 0 Å². The Bertz CT molecular complexity index is 573. The largest absolute Gasteiger partial charge is 0.502 e. The van der Waals surface area contributed by atoms with Crippen molar-refractivity contribution in [3.8, 4) is 17.2 Å². The molecule has 0 aromatic heterocycles. The van der Waals surface area contributed by atoms with Crippen molar-refractivity contribution in [2.45, 2.75) is 0 Å². The fraction of sp³-hybridized carbons (Fsp3) is 0.500. The second-order valence-corrected chi connectivity index (χ2v) is 5.65. The lowest BCUT2D eigenvalue weighted by Gasteiger charge is -2.31. The summed E-state index contributed by atoms with van der Waals surface area (Å²) >= 11 is 0. The molecule has 1 heterocycles. The minimum atomic E-state index is -0.159. The van der Waals surface area contributed by atoms with Crippen molar-refractivity contribution in [2.75, 3.05) is 54.0 Å². The molecular weight excluding hydrogens is 312 g/mol. The van der Waals surface area contributed by atoms with E-state index in [0.29, 0.717) is 12.1 Å². The van der Waals surface area contributed by atoms with Gasteiger partial charge in [0.2, 0.25) is 5.75 Å². The summed E-state index contributed by atoms with van der Waals surface area (Å²) < 4.78 is 10.2. The number of phenolic OH excluding ortho intramolecular Hbond substituents is 1. The minimum absolute atomic E-state index is 0.0729. The van der Waals surface area contributed by atoms with Gasteiger partial charge in [-0.2, -0.15) is 5.10 Å². The maximum atomic E-state index is 11.9. The van der Waals surface area contributed by atoms with Crippen LogP contribution in [0.25, 0.3) is 0 Å². The molecule has 1 aliphatic heterocycles. The summed E-state index contributed by atoms with van der Waals surface area (Å²) in [7, 11) is 4.97. The predicted molar refractivity (Wildman–Crippen MR) is 90.9 cm³/mol. The molecule has 1 aromatic rings. The molecule has 2 N–H and O–H groups in total. The summed E-state index contributed by atoms with van der Waals surface area (Å²) in [5.74, 6) is 0.323. The second kappa shape index (κ2) is 8.51. The highest BCUT2D eigenvalue weighted by atomic mass is 16.5. The first-order chi connectivity index (χ1) is 11.5. The van der Waals surface area contributed by atoms with Gasteiger partial charge in [-0.1, -0.05) is 0 Å². The van der Waals surface area contributed by atoms with Gasteiger partial charge in [0, 0.05) is 31.7 Å².